The highest BCUT2D eigenvalue weighted by atomic mass is 35.5. The molecule has 1 aromatic carbocycles. The summed E-state index contributed by atoms with van der Waals surface area (Å²) >= 11 is 5.74. The number of nitrogens with one attached hydrogen (secondary N) is 1. The molecule has 2 rings (SSSR count). The van der Waals surface area contributed by atoms with Crippen molar-refractivity contribution >= 4 is 22.5 Å². The second-order valence-electron chi connectivity index (χ2n) is 4.12. The Labute approximate surface area is 104 Å². The minimum absolute atomic E-state index is 0.0884. The van der Waals surface area contributed by atoms with Crippen molar-refractivity contribution in [3.05, 3.63) is 33.3 Å². The average molecular weight is 253 g/mol. The summed E-state index contributed by atoms with van der Waals surface area (Å²) in [6, 6.07) is 3.57. The van der Waals surface area contributed by atoms with Gasteiger partial charge in [-0.15, -0.1) is 0 Å². The number of H-pyrrole nitrogens is 1. The van der Waals surface area contributed by atoms with E-state index in [0.717, 1.165) is 5.56 Å². The number of fused-ring (bicyclic) bond motifs is 1. The van der Waals surface area contributed by atoms with Gasteiger partial charge >= 0.3 is 0 Å². The third-order valence-corrected chi connectivity index (χ3v) is 2.82. The van der Waals surface area contributed by atoms with Gasteiger partial charge in [-0.3, -0.25) is 9.78 Å². The van der Waals surface area contributed by atoms with Crippen LogP contribution >= 0.6 is 11.6 Å². The normalized spacial score (nSPS) is 11.1. The zero-order valence-corrected chi connectivity index (χ0v) is 10.6. The maximum atomic E-state index is 11.9. The van der Waals surface area contributed by atoms with Crippen molar-refractivity contribution < 1.29 is 4.74 Å². The summed E-state index contributed by atoms with van der Waals surface area (Å²) < 4.78 is 5.20. The van der Waals surface area contributed by atoms with Crippen molar-refractivity contribution in [1.29, 1.82) is 0 Å². The average Bonchev–Trinajstić information content (AvgIpc) is 2.26. The van der Waals surface area contributed by atoms with Crippen molar-refractivity contribution in [2.24, 2.45) is 0 Å². The van der Waals surface area contributed by atoms with E-state index in [4.69, 9.17) is 16.3 Å². The van der Waals surface area contributed by atoms with Crippen LogP contribution in [-0.2, 0) is 0 Å². The zero-order chi connectivity index (χ0) is 12.6. The number of methoxy groups -OCH3 is 1. The molecule has 0 aliphatic heterocycles. The first-order valence-electron chi connectivity index (χ1n) is 5.30. The first-order chi connectivity index (χ1) is 8.02. The Morgan fingerprint density at radius 3 is 2.71 bits per heavy atom. The van der Waals surface area contributed by atoms with Gasteiger partial charge in [-0.2, -0.15) is 0 Å². The summed E-state index contributed by atoms with van der Waals surface area (Å²) in [6.07, 6.45) is 0. The van der Waals surface area contributed by atoms with E-state index < -0.39 is 0 Å². The number of nitrogens with zero attached hydrogens (tertiary/aromatic N) is 1. The van der Waals surface area contributed by atoms with Crippen LogP contribution in [0.2, 0.25) is 5.28 Å². The molecule has 17 heavy (non-hydrogen) atoms. The van der Waals surface area contributed by atoms with E-state index in [-0.39, 0.29) is 16.8 Å². The van der Waals surface area contributed by atoms with Crippen molar-refractivity contribution in [1.82, 2.24) is 9.97 Å². The molecule has 1 aromatic heterocycles. The van der Waals surface area contributed by atoms with Crippen LogP contribution in [0.5, 0.6) is 5.75 Å². The Morgan fingerprint density at radius 2 is 2.12 bits per heavy atom. The molecular weight excluding hydrogens is 240 g/mol. The number of halogens is 1. The molecular formula is C12H13ClN2O2. The molecule has 0 amide bonds. The molecule has 0 radical (unpaired) electrons. The van der Waals surface area contributed by atoms with E-state index in [1.165, 1.54) is 0 Å². The predicted octanol–water partition coefficient (Wildman–Crippen LogP) is 2.71. The minimum atomic E-state index is -0.216. The van der Waals surface area contributed by atoms with Crippen molar-refractivity contribution in [2.45, 2.75) is 19.8 Å². The zero-order valence-electron chi connectivity index (χ0n) is 9.87. The van der Waals surface area contributed by atoms with Crippen LogP contribution in [0.4, 0.5) is 0 Å². The lowest BCUT2D eigenvalue weighted by molar-refractivity contribution is 0.414. The molecule has 0 aliphatic carbocycles. The van der Waals surface area contributed by atoms with Crippen LogP contribution in [0.15, 0.2) is 16.9 Å². The van der Waals surface area contributed by atoms with Gasteiger partial charge < -0.3 is 4.74 Å². The van der Waals surface area contributed by atoms with E-state index in [2.05, 4.69) is 9.97 Å². The Kier molecular flexibility index (Phi) is 3.07. The molecule has 0 atom stereocenters. The lowest BCUT2D eigenvalue weighted by Gasteiger charge is -2.11. The monoisotopic (exact) mass is 252 g/mol. The molecule has 0 unspecified atom stereocenters. The van der Waals surface area contributed by atoms with Crippen molar-refractivity contribution in [3.63, 3.8) is 0 Å². The Balaban J connectivity index is 2.91. The van der Waals surface area contributed by atoms with E-state index in [9.17, 15) is 4.79 Å². The Morgan fingerprint density at radius 1 is 1.41 bits per heavy atom. The van der Waals surface area contributed by atoms with Crippen molar-refractivity contribution in [3.8, 4) is 5.75 Å². The lowest BCUT2D eigenvalue weighted by atomic mass is 9.98. The standard InChI is InChI=1S/C12H13ClN2O2/c1-6(2)8-4-7(17-3)5-9-10(8)11(16)15-12(13)14-9/h4-6H,1-3H3,(H,14,15,16). The highest BCUT2D eigenvalue weighted by Crippen LogP contribution is 2.27. The van der Waals surface area contributed by atoms with Gasteiger partial charge in [0.25, 0.3) is 5.56 Å². The first-order valence-corrected chi connectivity index (χ1v) is 5.68. The molecule has 1 heterocycles. The number of ether oxygens (including phenoxy) is 1. The predicted molar refractivity (Wildman–Crippen MR) is 68.0 cm³/mol. The van der Waals surface area contributed by atoms with E-state index in [1.807, 2.05) is 19.9 Å². The summed E-state index contributed by atoms with van der Waals surface area (Å²) in [5.41, 5.74) is 1.25. The smallest absolute Gasteiger partial charge is 0.259 e. The molecule has 0 aliphatic rings. The molecule has 2 aromatic rings. The minimum Gasteiger partial charge on any atom is -0.497 e. The summed E-state index contributed by atoms with van der Waals surface area (Å²) in [5.74, 6) is 0.882. The van der Waals surface area contributed by atoms with Gasteiger partial charge in [-0.1, -0.05) is 13.8 Å². The van der Waals surface area contributed by atoms with Gasteiger partial charge in [-0.05, 0) is 29.1 Å². The maximum Gasteiger partial charge on any atom is 0.259 e. The number of aromatic amines is 1. The van der Waals surface area contributed by atoms with Gasteiger partial charge in [0.05, 0.1) is 18.0 Å². The van der Waals surface area contributed by atoms with Crippen LogP contribution in [-0.4, -0.2) is 17.1 Å². The van der Waals surface area contributed by atoms with Crippen molar-refractivity contribution in [2.75, 3.05) is 7.11 Å². The number of benzene rings is 1. The molecule has 1 N–H and O–H groups in total. The van der Waals surface area contributed by atoms with Gasteiger partial charge in [0.1, 0.15) is 5.75 Å². The number of rotatable bonds is 2. The van der Waals surface area contributed by atoms with Crippen LogP contribution < -0.4 is 10.3 Å². The molecule has 0 fully saturated rings. The Bertz CT molecular complexity index is 620. The summed E-state index contributed by atoms with van der Waals surface area (Å²) in [5, 5.41) is 0.663. The van der Waals surface area contributed by atoms with E-state index in [1.54, 1.807) is 13.2 Å². The third kappa shape index (κ3) is 2.13. The van der Waals surface area contributed by atoms with Crippen LogP contribution in [0.1, 0.15) is 25.3 Å². The molecule has 5 heteroatoms. The first kappa shape index (κ1) is 11.9. The second kappa shape index (κ2) is 4.37. The van der Waals surface area contributed by atoms with Gasteiger partial charge in [-0.25, -0.2) is 4.98 Å². The molecule has 4 nitrogen and oxygen atoms in total. The highest BCUT2D eigenvalue weighted by Gasteiger charge is 2.13. The van der Waals surface area contributed by atoms with E-state index >= 15 is 0 Å². The highest BCUT2D eigenvalue weighted by molar-refractivity contribution is 6.28. The largest absolute Gasteiger partial charge is 0.497 e. The van der Waals surface area contributed by atoms with Crippen LogP contribution in [0.3, 0.4) is 0 Å². The molecule has 0 saturated heterocycles. The fraction of sp³-hybridized carbons (Fsp3) is 0.333. The molecule has 0 bridgehead atoms. The molecule has 0 saturated carbocycles. The SMILES string of the molecule is COc1cc(C(C)C)c2c(=O)[nH]c(Cl)nc2c1. The lowest BCUT2D eigenvalue weighted by Crippen LogP contribution is -2.11. The Hall–Kier alpha value is -1.55. The molecule has 90 valence electrons. The summed E-state index contributed by atoms with van der Waals surface area (Å²) in [7, 11) is 1.58. The second-order valence-corrected chi connectivity index (χ2v) is 4.48. The van der Waals surface area contributed by atoms with Gasteiger partial charge in [0.2, 0.25) is 5.28 Å². The number of hydrogen-bond acceptors (Lipinski definition) is 3. The van der Waals surface area contributed by atoms with Crippen LogP contribution in [0.25, 0.3) is 10.9 Å². The summed E-state index contributed by atoms with van der Waals surface area (Å²) in [4.78, 5) is 18.5. The fourth-order valence-electron chi connectivity index (χ4n) is 1.82. The fourth-order valence-corrected chi connectivity index (χ4v) is 2.00. The van der Waals surface area contributed by atoms with Gasteiger partial charge in [0.15, 0.2) is 0 Å². The maximum absolute atomic E-state index is 11.9. The molecule has 0 spiro atoms. The van der Waals surface area contributed by atoms with E-state index in [0.29, 0.717) is 16.7 Å². The van der Waals surface area contributed by atoms with Gasteiger partial charge in [0, 0.05) is 6.07 Å². The van der Waals surface area contributed by atoms with Crippen LogP contribution in [0, 0.1) is 0 Å². The number of hydrogen-bond donors (Lipinski definition) is 1. The topological polar surface area (TPSA) is 55.0 Å². The number of aromatic nitrogens is 2. The third-order valence-electron chi connectivity index (χ3n) is 2.64. The quantitative estimate of drug-likeness (QED) is 0.836. The summed E-state index contributed by atoms with van der Waals surface area (Å²) in [6.45, 7) is 4.03.